The van der Waals surface area contributed by atoms with Crippen molar-refractivity contribution in [2.75, 3.05) is 26.3 Å². The highest BCUT2D eigenvalue weighted by molar-refractivity contribution is 8.02. The van der Waals surface area contributed by atoms with E-state index in [1.807, 2.05) is 4.90 Å². The first kappa shape index (κ1) is 31.7. The van der Waals surface area contributed by atoms with Crippen LogP contribution >= 0.6 is 11.8 Å². The third kappa shape index (κ3) is 6.12. The van der Waals surface area contributed by atoms with Gasteiger partial charge in [0.15, 0.2) is 0 Å². The van der Waals surface area contributed by atoms with Crippen molar-refractivity contribution < 1.29 is 24.2 Å². The van der Waals surface area contributed by atoms with Crippen molar-refractivity contribution in [1.82, 2.24) is 9.80 Å². The van der Waals surface area contributed by atoms with E-state index in [9.17, 15) is 19.5 Å². The molecule has 3 saturated heterocycles. The zero-order valence-electron chi connectivity index (χ0n) is 25.0. The second-order valence-electron chi connectivity index (χ2n) is 13.6. The SMILES string of the molecule is C=CCOC(=O)[C@H]1[C@H]2C(=O)N(CCCCCCO)C(C(=O)N(CC=C)C(C)(C)CC(C)(C)C)C23CC[C@]1(C)S3. The van der Waals surface area contributed by atoms with Crippen LogP contribution in [0.25, 0.3) is 0 Å². The third-order valence-electron chi connectivity index (χ3n) is 8.69. The number of aliphatic hydroxyl groups excluding tert-OH is 1. The molecule has 0 aromatic carbocycles. The van der Waals surface area contributed by atoms with Crippen LogP contribution in [0.1, 0.15) is 86.5 Å². The van der Waals surface area contributed by atoms with Gasteiger partial charge in [-0.05, 0) is 58.3 Å². The van der Waals surface area contributed by atoms with E-state index in [0.29, 0.717) is 13.1 Å². The lowest BCUT2D eigenvalue weighted by atomic mass is 9.66. The molecule has 2 amide bonds. The third-order valence-corrected chi connectivity index (χ3v) is 10.7. The number of unbranched alkanes of at least 4 members (excludes halogenated alkanes) is 3. The lowest BCUT2D eigenvalue weighted by Crippen LogP contribution is -2.60. The molecule has 1 N–H and O–H groups in total. The average Bonchev–Trinajstić information content (AvgIpc) is 3.39. The standard InChI is InChI=1S/C31H50N2O5S/c1-9-17-33(29(6,7)21-28(3,4)5)26(36)24-31-16-15-30(8,39-31)23(27(37)38-20-10-2)22(31)25(35)32(24)18-13-11-12-14-19-34/h9-10,22-24,34H,1-2,11-21H2,3-8H3/t22-,23+,24?,30-,31?/m0/s1. The van der Waals surface area contributed by atoms with E-state index in [1.165, 1.54) is 0 Å². The number of amides is 2. The number of carbonyl (C=O) groups excluding carboxylic acids is 3. The van der Waals surface area contributed by atoms with E-state index < -0.39 is 32.9 Å². The zero-order valence-corrected chi connectivity index (χ0v) is 25.8. The van der Waals surface area contributed by atoms with Gasteiger partial charge in [-0.25, -0.2) is 0 Å². The summed E-state index contributed by atoms with van der Waals surface area (Å²) in [6.07, 6.45) is 8.79. The predicted molar refractivity (Wildman–Crippen MR) is 157 cm³/mol. The van der Waals surface area contributed by atoms with Crippen LogP contribution in [0.2, 0.25) is 0 Å². The lowest BCUT2D eigenvalue weighted by Gasteiger charge is -2.46. The summed E-state index contributed by atoms with van der Waals surface area (Å²) < 4.78 is 4.41. The molecule has 3 aliphatic rings. The molecule has 0 radical (unpaired) electrons. The molecule has 3 rings (SSSR count). The van der Waals surface area contributed by atoms with Crippen LogP contribution in [0, 0.1) is 17.3 Å². The van der Waals surface area contributed by atoms with Gasteiger partial charge in [0.2, 0.25) is 11.8 Å². The highest BCUT2D eigenvalue weighted by Crippen LogP contribution is 2.71. The van der Waals surface area contributed by atoms with Crippen molar-refractivity contribution in [2.45, 2.75) is 108 Å². The maximum Gasteiger partial charge on any atom is 0.311 e. The highest BCUT2D eigenvalue weighted by Gasteiger charge is 2.77. The van der Waals surface area contributed by atoms with Gasteiger partial charge in [0.05, 0.1) is 16.6 Å². The number of aliphatic hydroxyl groups is 1. The molecule has 39 heavy (non-hydrogen) atoms. The Hall–Kier alpha value is -1.80. The first-order valence-corrected chi connectivity index (χ1v) is 15.3. The molecule has 7 nitrogen and oxygen atoms in total. The second kappa shape index (κ2) is 12.0. The molecule has 0 saturated carbocycles. The van der Waals surface area contributed by atoms with Gasteiger partial charge in [0, 0.05) is 30.0 Å². The van der Waals surface area contributed by atoms with Gasteiger partial charge in [-0.2, -0.15) is 0 Å². The number of carbonyl (C=O) groups is 3. The van der Waals surface area contributed by atoms with E-state index in [4.69, 9.17) is 4.74 Å². The first-order valence-electron chi connectivity index (χ1n) is 14.5. The maximum atomic E-state index is 14.7. The smallest absolute Gasteiger partial charge is 0.311 e. The fraction of sp³-hybridized carbons (Fsp3) is 0.774. The molecule has 3 aliphatic heterocycles. The topological polar surface area (TPSA) is 87.1 Å². The van der Waals surface area contributed by atoms with Gasteiger partial charge < -0.3 is 19.6 Å². The quantitative estimate of drug-likeness (QED) is 0.183. The fourth-order valence-electron chi connectivity index (χ4n) is 7.59. The van der Waals surface area contributed by atoms with Crippen molar-refractivity contribution >= 4 is 29.5 Å². The second-order valence-corrected chi connectivity index (χ2v) is 15.5. The number of esters is 1. The Morgan fingerprint density at radius 1 is 1.13 bits per heavy atom. The van der Waals surface area contributed by atoms with Crippen LogP contribution in [0.3, 0.4) is 0 Å². The lowest BCUT2D eigenvalue weighted by molar-refractivity contribution is -0.154. The molecule has 3 heterocycles. The molecule has 5 atom stereocenters. The molecule has 8 heteroatoms. The van der Waals surface area contributed by atoms with E-state index in [0.717, 1.165) is 44.9 Å². The highest BCUT2D eigenvalue weighted by atomic mass is 32.2. The molecule has 3 fully saturated rings. The number of likely N-dealkylation sites (tertiary alicyclic amines) is 1. The maximum absolute atomic E-state index is 14.7. The van der Waals surface area contributed by atoms with Crippen LogP contribution in [0.4, 0.5) is 0 Å². The van der Waals surface area contributed by atoms with Gasteiger partial charge in [-0.1, -0.05) is 52.3 Å². The Morgan fingerprint density at radius 2 is 1.79 bits per heavy atom. The number of hydrogen-bond donors (Lipinski definition) is 1. The fourth-order valence-corrected chi connectivity index (χ4v) is 9.93. The molecule has 0 aromatic heterocycles. The summed E-state index contributed by atoms with van der Waals surface area (Å²) in [4.78, 5) is 46.1. The minimum absolute atomic E-state index is 0.00401. The van der Waals surface area contributed by atoms with Gasteiger partial charge in [0.25, 0.3) is 0 Å². The molecule has 0 aromatic rings. The van der Waals surface area contributed by atoms with Crippen molar-refractivity contribution in [2.24, 2.45) is 17.3 Å². The van der Waals surface area contributed by atoms with E-state index in [2.05, 4.69) is 54.7 Å². The Morgan fingerprint density at radius 3 is 2.38 bits per heavy atom. The Bertz CT molecular complexity index is 959. The van der Waals surface area contributed by atoms with Gasteiger partial charge in [-0.3, -0.25) is 14.4 Å². The van der Waals surface area contributed by atoms with Crippen LogP contribution in [0.5, 0.6) is 0 Å². The number of fused-ring (bicyclic) bond motifs is 1. The Balaban J connectivity index is 2.04. The largest absolute Gasteiger partial charge is 0.461 e. The van der Waals surface area contributed by atoms with Crippen molar-refractivity contribution in [3.05, 3.63) is 25.3 Å². The van der Waals surface area contributed by atoms with E-state index in [1.54, 1.807) is 28.8 Å². The van der Waals surface area contributed by atoms with Crippen LogP contribution in [0.15, 0.2) is 25.3 Å². The summed E-state index contributed by atoms with van der Waals surface area (Å²) in [5.41, 5.74) is -0.461. The van der Waals surface area contributed by atoms with Crippen LogP contribution in [-0.2, 0) is 19.1 Å². The number of nitrogens with zero attached hydrogens (tertiary/aromatic N) is 2. The Labute approximate surface area is 239 Å². The monoisotopic (exact) mass is 562 g/mol. The minimum Gasteiger partial charge on any atom is -0.461 e. The van der Waals surface area contributed by atoms with Gasteiger partial charge in [0.1, 0.15) is 12.6 Å². The predicted octanol–water partition coefficient (Wildman–Crippen LogP) is 4.98. The molecule has 2 unspecified atom stereocenters. The summed E-state index contributed by atoms with van der Waals surface area (Å²) in [5, 5.41) is 9.17. The number of thioether (sulfide) groups is 1. The van der Waals surface area contributed by atoms with Crippen molar-refractivity contribution in [1.29, 1.82) is 0 Å². The molecule has 0 aliphatic carbocycles. The van der Waals surface area contributed by atoms with Gasteiger partial charge in [-0.15, -0.1) is 18.3 Å². The number of ether oxygens (including phenoxy) is 1. The molecule has 2 bridgehead atoms. The van der Waals surface area contributed by atoms with E-state index >= 15 is 0 Å². The molecule has 1 spiro atoms. The summed E-state index contributed by atoms with van der Waals surface area (Å²) in [6.45, 7) is 21.5. The summed E-state index contributed by atoms with van der Waals surface area (Å²) in [6, 6.07) is -0.643. The number of hydrogen-bond acceptors (Lipinski definition) is 6. The minimum atomic E-state index is -0.664. The van der Waals surface area contributed by atoms with Gasteiger partial charge >= 0.3 is 5.97 Å². The summed E-state index contributed by atoms with van der Waals surface area (Å²) in [7, 11) is 0. The number of rotatable bonds is 14. The molecule has 220 valence electrons. The van der Waals surface area contributed by atoms with E-state index in [-0.39, 0.29) is 36.4 Å². The molecular weight excluding hydrogens is 512 g/mol. The van der Waals surface area contributed by atoms with Crippen LogP contribution < -0.4 is 0 Å². The summed E-state index contributed by atoms with van der Waals surface area (Å²) in [5.74, 6) is -1.68. The van der Waals surface area contributed by atoms with Crippen LogP contribution in [-0.4, -0.2) is 80.1 Å². The van der Waals surface area contributed by atoms with Crippen molar-refractivity contribution in [3.63, 3.8) is 0 Å². The zero-order chi connectivity index (χ0) is 29.2. The average molecular weight is 563 g/mol. The normalized spacial score (nSPS) is 29.9. The molecular formula is C31H50N2O5S. The Kier molecular flexibility index (Phi) is 9.74. The van der Waals surface area contributed by atoms with Crippen molar-refractivity contribution in [3.8, 4) is 0 Å². The first-order chi connectivity index (χ1) is 18.2. The summed E-state index contributed by atoms with van der Waals surface area (Å²) >= 11 is 1.68.